The average Bonchev–Trinajstić information content (AvgIpc) is 2.89. The number of methoxy groups -OCH3 is 1. The van der Waals surface area contributed by atoms with Gasteiger partial charge in [-0.3, -0.25) is 4.79 Å². The van der Waals surface area contributed by atoms with Gasteiger partial charge in [-0.1, -0.05) is 12.8 Å². The second-order valence-corrected chi connectivity index (χ2v) is 9.53. The lowest BCUT2D eigenvalue weighted by Crippen LogP contribution is -2.48. The van der Waals surface area contributed by atoms with E-state index in [9.17, 15) is 22.8 Å². The quantitative estimate of drug-likeness (QED) is 0.514. The summed E-state index contributed by atoms with van der Waals surface area (Å²) in [4.78, 5) is 36.4. The number of carbonyl (C=O) groups excluding carboxylic acids is 2. The molecule has 2 atom stereocenters. The van der Waals surface area contributed by atoms with Gasteiger partial charge in [0.05, 0.1) is 13.2 Å². The van der Waals surface area contributed by atoms with Crippen molar-refractivity contribution in [2.45, 2.75) is 43.9 Å². The highest BCUT2D eigenvalue weighted by Crippen LogP contribution is 2.35. The Hall–Kier alpha value is -3.61. The van der Waals surface area contributed by atoms with Gasteiger partial charge in [0, 0.05) is 49.7 Å². The van der Waals surface area contributed by atoms with Gasteiger partial charge in [0.25, 0.3) is 5.91 Å². The summed E-state index contributed by atoms with van der Waals surface area (Å²) in [6.45, 7) is 2.93. The summed E-state index contributed by atoms with van der Waals surface area (Å²) in [6, 6.07) is 5.78. The molecule has 10 nitrogen and oxygen atoms in total. The standard InChI is InChI=1S/C25H32F3N7O3/c1-34-11-13-35(14-12-34)22(36)16-7-9-17(10-8-16)30-23-29-15-18(25(26,27)28)21(33-23)31-19-5-3-4-6-20(19)32-24(37)38-2/h7-10,15,19-20H,3-6,11-14H2,1-2H3,(H,32,37)(H2,29,30,31,33)/t19-,20+/m1/s1. The maximum absolute atomic E-state index is 13.7. The molecule has 1 aliphatic heterocycles. The Morgan fingerprint density at radius 1 is 1.03 bits per heavy atom. The Morgan fingerprint density at radius 2 is 1.68 bits per heavy atom. The molecule has 0 spiro atoms. The summed E-state index contributed by atoms with van der Waals surface area (Å²) in [5.41, 5.74) is 0.0457. The van der Waals surface area contributed by atoms with Crippen molar-refractivity contribution in [3.63, 3.8) is 0 Å². The highest BCUT2D eigenvalue weighted by Gasteiger charge is 2.37. The molecule has 4 rings (SSSR count). The van der Waals surface area contributed by atoms with Crippen molar-refractivity contribution in [3.05, 3.63) is 41.6 Å². The third kappa shape index (κ3) is 6.82. The molecule has 1 aliphatic carbocycles. The van der Waals surface area contributed by atoms with E-state index in [1.807, 2.05) is 7.05 Å². The highest BCUT2D eigenvalue weighted by atomic mass is 19.4. The lowest BCUT2D eigenvalue weighted by atomic mass is 9.90. The van der Waals surface area contributed by atoms with Crippen LogP contribution >= 0.6 is 0 Å². The smallest absolute Gasteiger partial charge is 0.421 e. The fourth-order valence-corrected chi connectivity index (χ4v) is 4.64. The van der Waals surface area contributed by atoms with E-state index < -0.39 is 29.9 Å². The number of hydrogen-bond donors (Lipinski definition) is 3. The number of nitrogens with zero attached hydrogens (tertiary/aromatic N) is 4. The minimum Gasteiger partial charge on any atom is -0.453 e. The first-order chi connectivity index (χ1) is 18.1. The van der Waals surface area contributed by atoms with Crippen LogP contribution in [-0.4, -0.2) is 84.2 Å². The summed E-state index contributed by atoms with van der Waals surface area (Å²) in [5.74, 6) is -0.475. The number of piperazine rings is 1. The van der Waals surface area contributed by atoms with E-state index in [0.717, 1.165) is 32.1 Å². The molecule has 2 heterocycles. The van der Waals surface area contributed by atoms with Crippen molar-refractivity contribution in [1.82, 2.24) is 25.1 Å². The fourth-order valence-electron chi connectivity index (χ4n) is 4.64. The largest absolute Gasteiger partial charge is 0.453 e. The van der Waals surface area contributed by atoms with Gasteiger partial charge in [0.2, 0.25) is 5.95 Å². The van der Waals surface area contributed by atoms with Crippen LogP contribution in [0.25, 0.3) is 0 Å². The lowest BCUT2D eigenvalue weighted by Gasteiger charge is -2.33. The predicted octanol–water partition coefficient (Wildman–Crippen LogP) is 3.71. The van der Waals surface area contributed by atoms with Crippen LogP contribution < -0.4 is 16.0 Å². The third-order valence-corrected chi connectivity index (χ3v) is 6.85. The molecule has 3 N–H and O–H groups in total. The second-order valence-electron chi connectivity index (χ2n) is 9.53. The molecule has 38 heavy (non-hydrogen) atoms. The van der Waals surface area contributed by atoms with E-state index in [4.69, 9.17) is 0 Å². The number of anilines is 3. The van der Waals surface area contributed by atoms with Crippen molar-refractivity contribution < 1.29 is 27.5 Å². The summed E-state index contributed by atoms with van der Waals surface area (Å²) < 4.78 is 45.9. The number of hydrogen-bond acceptors (Lipinski definition) is 8. The maximum Gasteiger partial charge on any atom is 0.421 e. The molecule has 1 aromatic heterocycles. The Morgan fingerprint density at radius 3 is 2.32 bits per heavy atom. The zero-order chi connectivity index (χ0) is 27.3. The van der Waals surface area contributed by atoms with Crippen LogP contribution in [-0.2, 0) is 10.9 Å². The van der Waals surface area contributed by atoms with E-state index >= 15 is 0 Å². The van der Waals surface area contributed by atoms with Gasteiger partial charge in [-0.05, 0) is 44.2 Å². The summed E-state index contributed by atoms with van der Waals surface area (Å²) >= 11 is 0. The second kappa shape index (κ2) is 11.8. The first-order valence-corrected chi connectivity index (χ1v) is 12.5. The van der Waals surface area contributed by atoms with Crippen molar-refractivity contribution in [1.29, 1.82) is 0 Å². The van der Waals surface area contributed by atoms with E-state index in [2.05, 4.69) is 35.6 Å². The lowest BCUT2D eigenvalue weighted by molar-refractivity contribution is -0.137. The van der Waals surface area contributed by atoms with Gasteiger partial charge in [-0.25, -0.2) is 9.78 Å². The van der Waals surface area contributed by atoms with Crippen molar-refractivity contribution in [2.24, 2.45) is 0 Å². The number of nitrogens with one attached hydrogen (secondary N) is 3. The zero-order valence-electron chi connectivity index (χ0n) is 21.3. The Kier molecular flexibility index (Phi) is 8.55. The molecule has 0 radical (unpaired) electrons. The van der Waals surface area contributed by atoms with E-state index in [0.29, 0.717) is 37.2 Å². The first-order valence-electron chi connectivity index (χ1n) is 12.5. The number of likely N-dealkylation sites (N-methyl/N-ethyl adjacent to an activating group) is 1. The number of aromatic nitrogens is 2. The van der Waals surface area contributed by atoms with Crippen molar-refractivity contribution in [2.75, 3.05) is 51.0 Å². The fraction of sp³-hybridized carbons (Fsp3) is 0.520. The zero-order valence-corrected chi connectivity index (χ0v) is 21.3. The van der Waals surface area contributed by atoms with Gasteiger partial charge in [-0.15, -0.1) is 0 Å². The van der Waals surface area contributed by atoms with Crippen LogP contribution in [0.15, 0.2) is 30.5 Å². The molecule has 2 aliphatic rings. The van der Waals surface area contributed by atoms with Crippen LogP contribution in [0.2, 0.25) is 0 Å². The number of alkyl carbamates (subject to hydrolysis) is 1. The van der Waals surface area contributed by atoms with Crippen LogP contribution in [0.4, 0.5) is 35.4 Å². The molecular formula is C25H32F3N7O3. The van der Waals surface area contributed by atoms with E-state index in [1.54, 1.807) is 29.2 Å². The first kappa shape index (κ1) is 27.4. The Labute approximate surface area is 218 Å². The number of amides is 2. The van der Waals surface area contributed by atoms with Crippen LogP contribution in [0.1, 0.15) is 41.6 Å². The molecule has 206 valence electrons. The monoisotopic (exact) mass is 535 g/mol. The molecule has 0 unspecified atom stereocenters. The van der Waals surface area contributed by atoms with Gasteiger partial charge in [-0.2, -0.15) is 18.2 Å². The predicted molar refractivity (Wildman–Crippen MR) is 135 cm³/mol. The van der Waals surface area contributed by atoms with Crippen LogP contribution in [0.5, 0.6) is 0 Å². The number of carbonyl (C=O) groups is 2. The molecule has 1 saturated heterocycles. The highest BCUT2D eigenvalue weighted by molar-refractivity contribution is 5.94. The minimum absolute atomic E-state index is 0.0352. The number of ether oxygens (including phenoxy) is 1. The molecular weight excluding hydrogens is 503 g/mol. The molecule has 0 bridgehead atoms. The van der Waals surface area contributed by atoms with Gasteiger partial charge >= 0.3 is 12.3 Å². The van der Waals surface area contributed by atoms with E-state index in [-0.39, 0.29) is 17.7 Å². The topological polar surface area (TPSA) is 112 Å². The molecule has 2 aromatic rings. The summed E-state index contributed by atoms with van der Waals surface area (Å²) in [6.07, 6.45) is -1.79. The van der Waals surface area contributed by atoms with E-state index in [1.165, 1.54) is 7.11 Å². The SMILES string of the molecule is COC(=O)N[C@H]1CCCC[C@H]1Nc1nc(Nc2ccc(C(=O)N3CCN(C)CC3)cc2)ncc1C(F)(F)F. The van der Waals surface area contributed by atoms with Crippen LogP contribution in [0.3, 0.4) is 0 Å². The third-order valence-electron chi connectivity index (χ3n) is 6.85. The number of halogens is 3. The minimum atomic E-state index is -4.67. The molecule has 2 fully saturated rings. The van der Waals surface area contributed by atoms with Crippen LogP contribution in [0, 0.1) is 0 Å². The van der Waals surface area contributed by atoms with Gasteiger partial charge in [0.15, 0.2) is 0 Å². The van der Waals surface area contributed by atoms with Crippen molar-refractivity contribution >= 4 is 29.5 Å². The molecule has 13 heteroatoms. The summed E-state index contributed by atoms with van der Waals surface area (Å²) in [5, 5.41) is 8.50. The summed E-state index contributed by atoms with van der Waals surface area (Å²) in [7, 11) is 3.25. The Balaban J connectivity index is 1.49. The van der Waals surface area contributed by atoms with Gasteiger partial charge in [0.1, 0.15) is 11.4 Å². The molecule has 2 amide bonds. The van der Waals surface area contributed by atoms with Crippen molar-refractivity contribution in [3.8, 4) is 0 Å². The Bertz CT molecular complexity index is 1120. The average molecular weight is 536 g/mol. The maximum atomic E-state index is 13.7. The molecule has 1 aromatic carbocycles. The molecule has 1 saturated carbocycles. The number of alkyl halides is 3. The normalized spacial score (nSPS) is 20.5. The number of rotatable bonds is 6. The number of benzene rings is 1. The van der Waals surface area contributed by atoms with Gasteiger partial charge < -0.3 is 30.5 Å².